The zero-order chi connectivity index (χ0) is 12.1. The highest BCUT2D eigenvalue weighted by atomic mass is 79.9. The molecule has 0 N–H and O–H groups in total. The van der Waals surface area contributed by atoms with Crippen molar-refractivity contribution in [1.29, 1.82) is 0 Å². The summed E-state index contributed by atoms with van der Waals surface area (Å²) < 4.78 is 10.7. The molecule has 0 radical (unpaired) electrons. The van der Waals surface area contributed by atoms with Gasteiger partial charge >= 0.3 is 5.97 Å². The first kappa shape index (κ1) is 13.5. The van der Waals surface area contributed by atoms with E-state index < -0.39 is 0 Å². The van der Waals surface area contributed by atoms with Gasteiger partial charge in [-0.2, -0.15) is 0 Å². The van der Waals surface area contributed by atoms with Crippen LogP contribution < -0.4 is 4.74 Å². The molecule has 1 rings (SSSR count). The summed E-state index contributed by atoms with van der Waals surface area (Å²) in [5.74, 6) is 0.403. The molecule has 0 aromatic heterocycles. The van der Waals surface area contributed by atoms with Crippen molar-refractivity contribution in [3.63, 3.8) is 0 Å². The van der Waals surface area contributed by atoms with Crippen molar-refractivity contribution in [2.75, 3.05) is 14.2 Å². The van der Waals surface area contributed by atoms with Gasteiger partial charge in [-0.15, -0.1) is 0 Å². The molecule has 3 nitrogen and oxygen atoms in total. The van der Waals surface area contributed by atoms with Crippen LogP contribution in [0.1, 0.15) is 11.1 Å². The number of halogens is 2. The first-order valence-corrected chi connectivity index (χ1v) is 6.51. The van der Waals surface area contributed by atoms with Gasteiger partial charge in [0.15, 0.2) is 0 Å². The molecule has 0 spiro atoms. The van der Waals surface area contributed by atoms with E-state index in [9.17, 15) is 4.79 Å². The second-order valence-electron chi connectivity index (χ2n) is 3.14. The largest absolute Gasteiger partial charge is 0.496 e. The average Bonchev–Trinajstić information content (AvgIpc) is 2.30. The SMILES string of the molecule is COC(=O)Cc1c(Br)cc(CBr)cc1OC. The Morgan fingerprint density at radius 1 is 1.38 bits per heavy atom. The molecule has 0 bridgehead atoms. The van der Waals surface area contributed by atoms with E-state index in [4.69, 9.17) is 4.74 Å². The number of methoxy groups -OCH3 is 2. The molecule has 0 saturated carbocycles. The molecule has 1 aromatic rings. The van der Waals surface area contributed by atoms with Crippen molar-refractivity contribution in [3.05, 3.63) is 27.7 Å². The molecular weight excluding hydrogens is 340 g/mol. The van der Waals surface area contributed by atoms with Crippen molar-refractivity contribution in [2.24, 2.45) is 0 Å². The Bertz CT molecular complexity index is 391. The zero-order valence-electron chi connectivity index (χ0n) is 9.05. The number of ether oxygens (including phenoxy) is 2. The third kappa shape index (κ3) is 3.22. The van der Waals surface area contributed by atoms with E-state index in [1.807, 2.05) is 12.1 Å². The van der Waals surface area contributed by atoms with Crippen molar-refractivity contribution in [3.8, 4) is 5.75 Å². The second kappa shape index (κ2) is 6.25. The molecular formula is C11H12Br2O3. The number of carbonyl (C=O) groups excluding carboxylic acids is 1. The van der Waals surface area contributed by atoms with Gasteiger partial charge < -0.3 is 9.47 Å². The molecule has 0 fully saturated rings. The average molecular weight is 352 g/mol. The molecule has 88 valence electrons. The number of benzene rings is 1. The highest BCUT2D eigenvalue weighted by Crippen LogP contribution is 2.30. The normalized spacial score (nSPS) is 10.0. The van der Waals surface area contributed by atoms with Crippen LogP contribution in [-0.4, -0.2) is 20.2 Å². The van der Waals surface area contributed by atoms with Gasteiger partial charge in [-0.1, -0.05) is 31.9 Å². The Hall–Kier alpha value is -0.550. The summed E-state index contributed by atoms with van der Waals surface area (Å²) in [7, 11) is 2.95. The van der Waals surface area contributed by atoms with E-state index >= 15 is 0 Å². The molecule has 0 atom stereocenters. The van der Waals surface area contributed by atoms with Crippen LogP contribution in [0, 0.1) is 0 Å². The van der Waals surface area contributed by atoms with Gasteiger partial charge in [-0.25, -0.2) is 0 Å². The Morgan fingerprint density at radius 3 is 2.56 bits per heavy atom. The number of rotatable bonds is 4. The zero-order valence-corrected chi connectivity index (χ0v) is 12.2. The van der Waals surface area contributed by atoms with Crippen molar-refractivity contribution < 1.29 is 14.3 Å². The Balaban J connectivity index is 3.11. The van der Waals surface area contributed by atoms with Crippen molar-refractivity contribution in [2.45, 2.75) is 11.8 Å². The van der Waals surface area contributed by atoms with Crippen LogP contribution in [0.25, 0.3) is 0 Å². The van der Waals surface area contributed by atoms with E-state index in [1.54, 1.807) is 7.11 Å². The summed E-state index contributed by atoms with van der Waals surface area (Å²) in [6.45, 7) is 0. The summed E-state index contributed by atoms with van der Waals surface area (Å²) in [6, 6.07) is 3.85. The van der Waals surface area contributed by atoms with E-state index in [2.05, 4.69) is 36.6 Å². The predicted octanol–water partition coefficient (Wildman–Crippen LogP) is 3.07. The molecule has 16 heavy (non-hydrogen) atoms. The van der Waals surface area contributed by atoms with Gasteiger partial charge in [-0.3, -0.25) is 4.79 Å². The number of carbonyl (C=O) groups is 1. The smallest absolute Gasteiger partial charge is 0.310 e. The highest BCUT2D eigenvalue weighted by molar-refractivity contribution is 9.10. The fourth-order valence-electron chi connectivity index (χ4n) is 1.31. The molecule has 5 heteroatoms. The number of alkyl halides is 1. The van der Waals surface area contributed by atoms with Crippen molar-refractivity contribution >= 4 is 37.8 Å². The third-order valence-corrected chi connectivity index (χ3v) is 3.49. The number of esters is 1. The predicted molar refractivity (Wildman–Crippen MR) is 69.0 cm³/mol. The van der Waals surface area contributed by atoms with Gasteiger partial charge in [0.25, 0.3) is 0 Å². The van der Waals surface area contributed by atoms with Crippen LogP contribution in [0.5, 0.6) is 5.75 Å². The fourth-order valence-corrected chi connectivity index (χ4v) is 2.27. The fraction of sp³-hybridized carbons (Fsp3) is 0.364. The molecule has 0 heterocycles. The summed E-state index contributed by atoms with van der Waals surface area (Å²) >= 11 is 6.80. The second-order valence-corrected chi connectivity index (χ2v) is 4.56. The first-order valence-electron chi connectivity index (χ1n) is 4.60. The van der Waals surface area contributed by atoms with Gasteiger partial charge in [0, 0.05) is 15.4 Å². The maximum Gasteiger partial charge on any atom is 0.310 e. The van der Waals surface area contributed by atoms with Crippen LogP contribution in [0.15, 0.2) is 16.6 Å². The minimum Gasteiger partial charge on any atom is -0.496 e. The lowest BCUT2D eigenvalue weighted by atomic mass is 10.1. The standard InChI is InChI=1S/C11H12Br2O3/c1-15-10-4-7(6-12)3-9(13)8(10)5-11(14)16-2/h3-4H,5-6H2,1-2H3. The lowest BCUT2D eigenvalue weighted by Crippen LogP contribution is -2.07. The topological polar surface area (TPSA) is 35.5 Å². The lowest BCUT2D eigenvalue weighted by Gasteiger charge is -2.11. The first-order chi connectivity index (χ1) is 7.62. The van der Waals surface area contributed by atoms with Crippen LogP contribution in [0.2, 0.25) is 0 Å². The summed E-state index contributed by atoms with van der Waals surface area (Å²) in [6.07, 6.45) is 0.197. The quantitative estimate of drug-likeness (QED) is 0.617. The van der Waals surface area contributed by atoms with Gasteiger partial charge in [-0.05, 0) is 17.7 Å². The van der Waals surface area contributed by atoms with E-state index in [0.717, 1.165) is 20.9 Å². The number of hydrogen-bond acceptors (Lipinski definition) is 3. The molecule has 0 saturated heterocycles. The minimum absolute atomic E-state index is 0.197. The minimum atomic E-state index is -0.286. The third-order valence-electron chi connectivity index (χ3n) is 2.14. The molecule has 1 aromatic carbocycles. The van der Waals surface area contributed by atoms with E-state index in [1.165, 1.54) is 7.11 Å². The van der Waals surface area contributed by atoms with Gasteiger partial charge in [0.05, 0.1) is 20.6 Å². The maximum absolute atomic E-state index is 11.2. The summed E-state index contributed by atoms with van der Waals surface area (Å²) in [5.41, 5.74) is 1.89. The summed E-state index contributed by atoms with van der Waals surface area (Å²) in [5, 5.41) is 0.737. The molecule has 0 amide bonds. The van der Waals surface area contributed by atoms with Crippen LogP contribution in [0.3, 0.4) is 0 Å². The number of hydrogen-bond donors (Lipinski definition) is 0. The maximum atomic E-state index is 11.2. The van der Waals surface area contributed by atoms with E-state index in [-0.39, 0.29) is 12.4 Å². The van der Waals surface area contributed by atoms with Crippen molar-refractivity contribution in [1.82, 2.24) is 0 Å². The molecule has 0 aliphatic rings. The van der Waals surface area contributed by atoms with Crippen LogP contribution in [-0.2, 0) is 21.3 Å². The van der Waals surface area contributed by atoms with E-state index in [0.29, 0.717) is 5.75 Å². The van der Waals surface area contributed by atoms with Crippen LogP contribution in [0.4, 0.5) is 0 Å². The summed E-state index contributed by atoms with van der Waals surface area (Å²) in [4.78, 5) is 11.2. The lowest BCUT2D eigenvalue weighted by molar-refractivity contribution is -0.139. The molecule has 0 unspecified atom stereocenters. The molecule has 0 aliphatic heterocycles. The Kier molecular flexibility index (Phi) is 5.28. The molecule has 0 aliphatic carbocycles. The van der Waals surface area contributed by atoms with Gasteiger partial charge in [0.2, 0.25) is 0 Å². The van der Waals surface area contributed by atoms with Crippen LogP contribution >= 0.6 is 31.9 Å². The Labute approximate surface area is 111 Å². The monoisotopic (exact) mass is 350 g/mol. The highest BCUT2D eigenvalue weighted by Gasteiger charge is 2.13. The van der Waals surface area contributed by atoms with Gasteiger partial charge in [0.1, 0.15) is 5.75 Å². The Morgan fingerprint density at radius 2 is 2.06 bits per heavy atom.